The van der Waals surface area contributed by atoms with Gasteiger partial charge in [0.2, 0.25) is 0 Å². The number of hydrogen-bond donors (Lipinski definition) is 1. The van der Waals surface area contributed by atoms with Gasteiger partial charge in [0.15, 0.2) is 5.65 Å². The van der Waals surface area contributed by atoms with Crippen LogP contribution in [0.15, 0.2) is 42.7 Å². The average molecular weight is 349 g/mol. The number of carbonyl (C=O) groups excluding carboxylic acids is 2. The van der Waals surface area contributed by atoms with Crippen molar-refractivity contribution < 1.29 is 9.59 Å². The number of fused-ring (bicyclic) bond motifs is 2. The van der Waals surface area contributed by atoms with Gasteiger partial charge in [0.05, 0.1) is 12.2 Å². The quantitative estimate of drug-likeness (QED) is 0.782. The average Bonchev–Trinajstić information content (AvgIpc) is 3.11. The number of primary amides is 1. The first-order valence-electron chi connectivity index (χ1n) is 8.63. The zero-order valence-corrected chi connectivity index (χ0v) is 14.4. The van der Waals surface area contributed by atoms with Crippen molar-refractivity contribution >= 4 is 17.5 Å². The summed E-state index contributed by atoms with van der Waals surface area (Å²) in [5.41, 5.74) is 8.72. The molecular formula is C19H19N5O2. The Hall–Kier alpha value is -3.22. The van der Waals surface area contributed by atoms with E-state index >= 15 is 0 Å². The number of carbonyl (C=O) groups is 2. The summed E-state index contributed by atoms with van der Waals surface area (Å²) < 4.78 is 1.40. The summed E-state index contributed by atoms with van der Waals surface area (Å²) in [5.74, 6) is -0.742. The molecule has 2 N–H and O–H groups in total. The molecule has 26 heavy (non-hydrogen) atoms. The molecule has 132 valence electrons. The van der Waals surface area contributed by atoms with Crippen LogP contribution >= 0.6 is 0 Å². The highest BCUT2D eigenvalue weighted by atomic mass is 16.2. The van der Waals surface area contributed by atoms with Gasteiger partial charge in [-0.15, -0.1) is 0 Å². The highest BCUT2D eigenvalue weighted by molar-refractivity contribution is 6.00. The Kier molecular flexibility index (Phi) is 3.91. The molecule has 1 atom stereocenters. The van der Waals surface area contributed by atoms with E-state index in [9.17, 15) is 9.59 Å². The molecular weight excluding hydrogens is 330 g/mol. The molecule has 0 saturated carbocycles. The van der Waals surface area contributed by atoms with Gasteiger partial charge in [-0.05, 0) is 30.0 Å². The second kappa shape index (κ2) is 6.25. The number of nitrogens with two attached hydrogens (primary N) is 1. The SMILES string of the molecule is CC[C@@H]1c2ccccc2CCN1C(=O)c1ccnc2c(C(N)=O)cnn12. The van der Waals surface area contributed by atoms with Gasteiger partial charge in [-0.1, -0.05) is 31.2 Å². The summed E-state index contributed by atoms with van der Waals surface area (Å²) in [6.07, 6.45) is 4.50. The second-order valence-electron chi connectivity index (χ2n) is 6.36. The maximum absolute atomic E-state index is 13.3. The van der Waals surface area contributed by atoms with E-state index in [2.05, 4.69) is 29.1 Å². The van der Waals surface area contributed by atoms with E-state index in [1.807, 2.05) is 17.0 Å². The molecule has 1 aromatic carbocycles. The summed E-state index contributed by atoms with van der Waals surface area (Å²) in [6.45, 7) is 2.72. The third-order valence-electron chi connectivity index (χ3n) is 4.95. The highest BCUT2D eigenvalue weighted by Crippen LogP contribution is 2.33. The molecule has 7 nitrogen and oxygen atoms in total. The van der Waals surface area contributed by atoms with Crippen molar-refractivity contribution in [2.75, 3.05) is 6.54 Å². The lowest BCUT2D eigenvalue weighted by molar-refractivity contribution is 0.0646. The maximum atomic E-state index is 13.3. The van der Waals surface area contributed by atoms with Crippen molar-refractivity contribution in [2.45, 2.75) is 25.8 Å². The van der Waals surface area contributed by atoms with Crippen LogP contribution in [0.1, 0.15) is 51.4 Å². The Labute approximate surface area is 150 Å². The molecule has 2 amide bonds. The van der Waals surface area contributed by atoms with Crippen LogP contribution in [-0.2, 0) is 6.42 Å². The molecule has 0 spiro atoms. The van der Waals surface area contributed by atoms with Crippen molar-refractivity contribution in [2.24, 2.45) is 5.73 Å². The number of benzene rings is 1. The lowest BCUT2D eigenvalue weighted by Gasteiger charge is -2.37. The fourth-order valence-electron chi connectivity index (χ4n) is 3.71. The van der Waals surface area contributed by atoms with Crippen LogP contribution in [0.3, 0.4) is 0 Å². The number of hydrogen-bond acceptors (Lipinski definition) is 4. The summed E-state index contributed by atoms with van der Waals surface area (Å²) >= 11 is 0. The molecule has 1 aliphatic rings. The van der Waals surface area contributed by atoms with Crippen molar-refractivity contribution in [1.29, 1.82) is 0 Å². The Morgan fingerprint density at radius 3 is 2.85 bits per heavy atom. The molecule has 1 aliphatic heterocycles. The van der Waals surface area contributed by atoms with E-state index in [-0.39, 0.29) is 17.5 Å². The molecule has 0 unspecified atom stereocenters. The van der Waals surface area contributed by atoms with Crippen LogP contribution in [0.2, 0.25) is 0 Å². The summed E-state index contributed by atoms with van der Waals surface area (Å²) in [6, 6.07) is 9.89. The van der Waals surface area contributed by atoms with Gasteiger partial charge in [0, 0.05) is 12.7 Å². The molecule has 3 heterocycles. The minimum absolute atomic E-state index is 0.0156. The Morgan fingerprint density at radius 1 is 1.27 bits per heavy atom. The highest BCUT2D eigenvalue weighted by Gasteiger charge is 2.31. The largest absolute Gasteiger partial charge is 0.365 e. The van der Waals surface area contributed by atoms with E-state index in [0.717, 1.165) is 12.8 Å². The van der Waals surface area contributed by atoms with Gasteiger partial charge in [-0.3, -0.25) is 9.59 Å². The summed E-state index contributed by atoms with van der Waals surface area (Å²) in [7, 11) is 0. The number of nitrogens with zero attached hydrogens (tertiary/aromatic N) is 4. The van der Waals surface area contributed by atoms with E-state index < -0.39 is 5.91 Å². The Balaban J connectivity index is 1.77. The van der Waals surface area contributed by atoms with Crippen LogP contribution in [0.5, 0.6) is 0 Å². The van der Waals surface area contributed by atoms with Crippen molar-refractivity contribution in [3.8, 4) is 0 Å². The van der Waals surface area contributed by atoms with E-state index in [0.29, 0.717) is 17.9 Å². The zero-order chi connectivity index (χ0) is 18.3. The molecule has 7 heteroatoms. The molecule has 0 radical (unpaired) electrons. The van der Waals surface area contributed by atoms with Crippen LogP contribution < -0.4 is 5.73 Å². The lowest BCUT2D eigenvalue weighted by atomic mass is 9.91. The molecule has 0 fully saturated rings. The fraction of sp³-hybridized carbons (Fsp3) is 0.263. The van der Waals surface area contributed by atoms with Crippen LogP contribution in [0.4, 0.5) is 0 Å². The molecule has 0 bridgehead atoms. The van der Waals surface area contributed by atoms with Crippen molar-refractivity contribution in [1.82, 2.24) is 19.5 Å². The second-order valence-corrected chi connectivity index (χ2v) is 6.36. The first kappa shape index (κ1) is 16.3. The monoisotopic (exact) mass is 349 g/mol. The predicted molar refractivity (Wildman–Crippen MR) is 95.7 cm³/mol. The van der Waals surface area contributed by atoms with E-state index in [1.54, 1.807) is 6.07 Å². The van der Waals surface area contributed by atoms with Gasteiger partial charge in [-0.2, -0.15) is 5.10 Å². The van der Waals surface area contributed by atoms with Gasteiger partial charge >= 0.3 is 0 Å². The van der Waals surface area contributed by atoms with Gasteiger partial charge in [0.25, 0.3) is 11.8 Å². The lowest BCUT2D eigenvalue weighted by Crippen LogP contribution is -2.40. The van der Waals surface area contributed by atoms with Crippen LogP contribution in [0, 0.1) is 0 Å². The number of aromatic nitrogens is 3. The van der Waals surface area contributed by atoms with Gasteiger partial charge < -0.3 is 10.6 Å². The first-order chi connectivity index (χ1) is 12.6. The van der Waals surface area contributed by atoms with Crippen molar-refractivity contribution in [3.05, 3.63) is 65.1 Å². The smallest absolute Gasteiger partial charge is 0.273 e. The molecule has 0 aliphatic carbocycles. The van der Waals surface area contributed by atoms with Crippen LogP contribution in [-0.4, -0.2) is 37.9 Å². The minimum atomic E-state index is -0.615. The fourth-order valence-corrected chi connectivity index (χ4v) is 3.71. The third kappa shape index (κ3) is 2.44. The van der Waals surface area contributed by atoms with Gasteiger partial charge in [-0.25, -0.2) is 9.50 Å². The molecule has 3 aromatic rings. The zero-order valence-electron chi connectivity index (χ0n) is 14.4. The Bertz CT molecular complexity index is 1010. The Morgan fingerprint density at radius 2 is 2.08 bits per heavy atom. The predicted octanol–water partition coefficient (Wildman–Crippen LogP) is 1.98. The summed E-state index contributed by atoms with van der Waals surface area (Å²) in [4.78, 5) is 30.9. The normalized spacial score (nSPS) is 16.5. The van der Waals surface area contributed by atoms with Crippen molar-refractivity contribution in [3.63, 3.8) is 0 Å². The minimum Gasteiger partial charge on any atom is -0.365 e. The van der Waals surface area contributed by atoms with E-state index in [1.165, 1.54) is 28.0 Å². The standard InChI is InChI=1S/C19H19N5O2/c1-2-15-13-6-4-3-5-12(13)8-10-23(15)19(26)16-7-9-21-18-14(17(20)25)11-22-24(16)18/h3-7,9,11,15H,2,8,10H2,1H3,(H2,20,25)/t15-/m1/s1. The van der Waals surface area contributed by atoms with E-state index in [4.69, 9.17) is 5.73 Å². The number of amides is 2. The first-order valence-corrected chi connectivity index (χ1v) is 8.63. The topological polar surface area (TPSA) is 93.6 Å². The van der Waals surface area contributed by atoms with Crippen LogP contribution in [0.25, 0.3) is 5.65 Å². The number of rotatable bonds is 3. The molecule has 0 saturated heterocycles. The molecule has 2 aromatic heterocycles. The maximum Gasteiger partial charge on any atom is 0.273 e. The third-order valence-corrected chi connectivity index (χ3v) is 4.95. The molecule has 4 rings (SSSR count). The van der Waals surface area contributed by atoms with Gasteiger partial charge in [0.1, 0.15) is 11.3 Å². The summed E-state index contributed by atoms with van der Waals surface area (Å²) in [5, 5.41) is 4.16.